The average molecular weight is 419 g/mol. The molecular formula is C25H38O5. The maximum absolute atomic E-state index is 11.4. The fraction of sp³-hybridized carbons (Fsp3) is 0.640. The van der Waals surface area contributed by atoms with Gasteiger partial charge in [0.1, 0.15) is 5.75 Å². The SMILES string of the molecule is C=C(CO)C(=O)OCCCc1ccc(OC(O)C2CCC(CCCCC)CC2)cc1. The summed E-state index contributed by atoms with van der Waals surface area (Å²) >= 11 is 0. The number of aryl methyl sites for hydroxylation is 1. The molecule has 0 radical (unpaired) electrons. The highest BCUT2D eigenvalue weighted by Crippen LogP contribution is 2.34. The number of rotatable bonds is 13. The minimum atomic E-state index is -0.744. The number of hydrogen-bond donors (Lipinski definition) is 2. The smallest absolute Gasteiger partial charge is 0.335 e. The van der Waals surface area contributed by atoms with Crippen LogP contribution in [0.2, 0.25) is 0 Å². The standard InChI is InChI=1S/C25H38O5/c1-3-4-5-7-20-9-13-22(14-10-20)25(28)30-23-15-11-21(12-16-23)8-6-17-29-24(27)19(2)18-26/h11-12,15-16,20,22,25-26,28H,2-10,13-14,17-18H2,1H3. The van der Waals surface area contributed by atoms with Crippen molar-refractivity contribution in [3.8, 4) is 5.75 Å². The van der Waals surface area contributed by atoms with Crippen LogP contribution in [-0.2, 0) is 16.0 Å². The molecule has 1 saturated carbocycles. The molecule has 1 aliphatic rings. The zero-order chi connectivity index (χ0) is 21.8. The molecule has 30 heavy (non-hydrogen) atoms. The van der Waals surface area contributed by atoms with Gasteiger partial charge in [0.05, 0.1) is 18.8 Å². The Balaban J connectivity index is 1.66. The number of carbonyl (C=O) groups excluding carboxylic acids is 1. The summed E-state index contributed by atoms with van der Waals surface area (Å²) in [6, 6.07) is 7.71. The summed E-state index contributed by atoms with van der Waals surface area (Å²) in [5.74, 6) is 1.17. The van der Waals surface area contributed by atoms with E-state index in [1.807, 2.05) is 24.3 Å². The van der Waals surface area contributed by atoms with Gasteiger partial charge in [-0.2, -0.15) is 0 Å². The number of hydrogen-bond acceptors (Lipinski definition) is 5. The summed E-state index contributed by atoms with van der Waals surface area (Å²) in [5, 5.41) is 19.3. The number of aliphatic hydroxyl groups excluding tert-OH is 2. The topological polar surface area (TPSA) is 76.0 Å². The lowest BCUT2D eigenvalue weighted by Crippen LogP contribution is -2.30. The first kappa shape index (κ1) is 24.4. The van der Waals surface area contributed by atoms with E-state index in [0.29, 0.717) is 12.2 Å². The Labute approximate surface area is 181 Å². The van der Waals surface area contributed by atoms with E-state index in [1.54, 1.807) is 0 Å². The van der Waals surface area contributed by atoms with E-state index in [0.717, 1.165) is 30.7 Å². The molecule has 1 fully saturated rings. The van der Waals surface area contributed by atoms with Gasteiger partial charge in [0.25, 0.3) is 0 Å². The molecular weight excluding hydrogens is 380 g/mol. The van der Waals surface area contributed by atoms with Gasteiger partial charge in [-0.1, -0.05) is 51.3 Å². The molecule has 1 aliphatic carbocycles. The van der Waals surface area contributed by atoms with E-state index in [9.17, 15) is 9.90 Å². The second-order valence-corrected chi connectivity index (χ2v) is 8.43. The molecule has 0 bridgehead atoms. The van der Waals surface area contributed by atoms with E-state index in [2.05, 4.69) is 13.5 Å². The monoisotopic (exact) mass is 418 g/mol. The lowest BCUT2D eigenvalue weighted by atomic mass is 9.79. The highest BCUT2D eigenvalue weighted by molar-refractivity contribution is 5.87. The Morgan fingerprint density at radius 3 is 2.47 bits per heavy atom. The Kier molecular flexibility index (Phi) is 11.0. The van der Waals surface area contributed by atoms with Gasteiger partial charge in [-0.15, -0.1) is 0 Å². The van der Waals surface area contributed by atoms with Gasteiger partial charge in [-0.05, 0) is 62.1 Å². The zero-order valence-electron chi connectivity index (χ0n) is 18.4. The van der Waals surface area contributed by atoms with Gasteiger partial charge >= 0.3 is 5.97 Å². The lowest BCUT2D eigenvalue weighted by molar-refractivity contribution is -0.139. The van der Waals surface area contributed by atoms with Gasteiger partial charge in [-0.3, -0.25) is 0 Å². The third kappa shape index (κ3) is 8.49. The zero-order valence-corrected chi connectivity index (χ0v) is 18.4. The summed E-state index contributed by atoms with van der Waals surface area (Å²) in [5.41, 5.74) is 1.18. The van der Waals surface area contributed by atoms with Crippen molar-refractivity contribution in [3.63, 3.8) is 0 Å². The normalized spacial score (nSPS) is 19.8. The molecule has 5 heteroatoms. The summed E-state index contributed by atoms with van der Waals surface area (Å²) in [6.07, 6.45) is 10.4. The second kappa shape index (κ2) is 13.5. The quantitative estimate of drug-likeness (QED) is 0.208. The summed E-state index contributed by atoms with van der Waals surface area (Å²) in [7, 11) is 0. The molecule has 2 N–H and O–H groups in total. The molecule has 0 aromatic heterocycles. The molecule has 0 aliphatic heterocycles. The first-order valence-corrected chi connectivity index (χ1v) is 11.4. The molecule has 1 aromatic rings. The van der Waals surface area contributed by atoms with Gasteiger partial charge in [0.2, 0.25) is 0 Å². The lowest BCUT2D eigenvalue weighted by Gasteiger charge is -2.31. The van der Waals surface area contributed by atoms with Crippen LogP contribution >= 0.6 is 0 Å². The van der Waals surface area contributed by atoms with Crippen molar-refractivity contribution >= 4 is 5.97 Å². The number of ether oxygens (including phenoxy) is 2. The third-order valence-electron chi connectivity index (χ3n) is 6.01. The average Bonchev–Trinajstić information content (AvgIpc) is 2.77. The Morgan fingerprint density at radius 1 is 1.13 bits per heavy atom. The van der Waals surface area contributed by atoms with Gasteiger partial charge in [-0.25, -0.2) is 4.79 Å². The summed E-state index contributed by atoms with van der Waals surface area (Å²) in [4.78, 5) is 11.4. The molecule has 0 saturated heterocycles. The van der Waals surface area contributed by atoms with E-state index >= 15 is 0 Å². The van der Waals surface area contributed by atoms with Crippen LogP contribution in [0.3, 0.4) is 0 Å². The first-order valence-electron chi connectivity index (χ1n) is 11.4. The van der Waals surface area contributed by atoms with Gasteiger partial charge < -0.3 is 19.7 Å². The van der Waals surface area contributed by atoms with Crippen molar-refractivity contribution in [3.05, 3.63) is 42.0 Å². The first-order chi connectivity index (χ1) is 14.5. The van der Waals surface area contributed by atoms with Crippen LogP contribution < -0.4 is 4.74 Å². The maximum Gasteiger partial charge on any atom is 0.335 e. The Bertz CT molecular complexity index is 631. The molecule has 2 rings (SSSR count). The minimum absolute atomic E-state index is 0.0695. The largest absolute Gasteiger partial charge is 0.465 e. The van der Waals surface area contributed by atoms with E-state index < -0.39 is 12.3 Å². The Hall–Kier alpha value is -1.85. The van der Waals surface area contributed by atoms with Crippen LogP contribution in [0.5, 0.6) is 5.75 Å². The second-order valence-electron chi connectivity index (χ2n) is 8.43. The molecule has 1 aromatic carbocycles. The predicted molar refractivity (Wildman–Crippen MR) is 118 cm³/mol. The fourth-order valence-corrected chi connectivity index (χ4v) is 4.02. The molecule has 168 valence electrons. The molecule has 0 amide bonds. The van der Waals surface area contributed by atoms with E-state index in [1.165, 1.54) is 38.5 Å². The number of benzene rings is 1. The molecule has 5 nitrogen and oxygen atoms in total. The van der Waals surface area contributed by atoms with Crippen molar-refractivity contribution in [2.75, 3.05) is 13.2 Å². The van der Waals surface area contributed by atoms with Crippen molar-refractivity contribution in [2.45, 2.75) is 77.4 Å². The minimum Gasteiger partial charge on any atom is -0.465 e. The number of carbonyl (C=O) groups is 1. The number of esters is 1. The van der Waals surface area contributed by atoms with Crippen LogP contribution in [0.4, 0.5) is 0 Å². The molecule has 0 spiro atoms. The van der Waals surface area contributed by atoms with Crippen LogP contribution in [0, 0.1) is 11.8 Å². The number of unbranched alkanes of at least 4 members (excludes halogenated alkanes) is 2. The third-order valence-corrected chi connectivity index (χ3v) is 6.01. The van der Waals surface area contributed by atoms with Crippen LogP contribution in [0.15, 0.2) is 36.4 Å². The van der Waals surface area contributed by atoms with Crippen molar-refractivity contribution in [2.24, 2.45) is 11.8 Å². The van der Waals surface area contributed by atoms with E-state index in [-0.39, 0.29) is 24.7 Å². The predicted octanol–water partition coefficient (Wildman–Crippen LogP) is 4.79. The number of aliphatic hydroxyl groups is 2. The van der Waals surface area contributed by atoms with Crippen molar-refractivity contribution in [1.82, 2.24) is 0 Å². The maximum atomic E-state index is 11.4. The highest BCUT2D eigenvalue weighted by atomic mass is 16.6. The van der Waals surface area contributed by atoms with Crippen LogP contribution in [-0.4, -0.2) is 35.7 Å². The summed E-state index contributed by atoms with van der Waals surface area (Å²) < 4.78 is 10.8. The van der Waals surface area contributed by atoms with Crippen LogP contribution in [0.1, 0.15) is 70.3 Å². The van der Waals surface area contributed by atoms with Crippen molar-refractivity contribution in [1.29, 1.82) is 0 Å². The Morgan fingerprint density at radius 2 is 1.83 bits per heavy atom. The molecule has 1 unspecified atom stereocenters. The van der Waals surface area contributed by atoms with Crippen molar-refractivity contribution < 1.29 is 24.5 Å². The van der Waals surface area contributed by atoms with Gasteiger partial charge in [0.15, 0.2) is 6.29 Å². The van der Waals surface area contributed by atoms with E-state index in [4.69, 9.17) is 14.6 Å². The van der Waals surface area contributed by atoms with Gasteiger partial charge in [0, 0.05) is 5.92 Å². The fourth-order valence-electron chi connectivity index (χ4n) is 4.02. The molecule has 1 atom stereocenters. The summed E-state index contributed by atoms with van der Waals surface area (Å²) in [6.45, 7) is 5.58. The highest BCUT2D eigenvalue weighted by Gasteiger charge is 2.27. The van der Waals surface area contributed by atoms with Crippen LogP contribution in [0.25, 0.3) is 0 Å². The molecule has 0 heterocycles.